The fourth-order valence-corrected chi connectivity index (χ4v) is 1.62. The lowest BCUT2D eigenvalue weighted by Crippen LogP contribution is -2.40. The summed E-state index contributed by atoms with van der Waals surface area (Å²) in [5.41, 5.74) is 0. The van der Waals surface area contributed by atoms with E-state index in [1.165, 1.54) is 0 Å². The molecule has 1 fully saturated rings. The average Bonchev–Trinajstić information content (AvgIpc) is 2.21. The van der Waals surface area contributed by atoms with Crippen LogP contribution < -0.4 is 0 Å². The maximum Gasteiger partial charge on any atom is 0.401 e. The Hall–Kier alpha value is -0.370. The van der Waals surface area contributed by atoms with E-state index in [-0.39, 0.29) is 6.42 Å². The third-order valence-corrected chi connectivity index (χ3v) is 2.13. The third kappa shape index (κ3) is 3.09. The number of β-amino-alcohol motifs (C(OH)–C–C–N with tert-alkyl or cyclic N) is 2. The van der Waals surface area contributed by atoms with Crippen molar-refractivity contribution in [3.63, 3.8) is 0 Å². The van der Waals surface area contributed by atoms with Crippen LogP contribution in [0.4, 0.5) is 13.2 Å². The third-order valence-electron chi connectivity index (χ3n) is 2.13. The summed E-state index contributed by atoms with van der Waals surface area (Å²) in [6, 6.07) is -0.841. The van der Waals surface area contributed by atoms with E-state index in [2.05, 4.69) is 0 Å². The zero-order valence-electron chi connectivity index (χ0n) is 7.33. The van der Waals surface area contributed by atoms with Gasteiger partial charge in [0.05, 0.1) is 19.7 Å². The molecule has 14 heavy (non-hydrogen) atoms. The highest BCUT2D eigenvalue weighted by atomic mass is 19.4. The minimum absolute atomic E-state index is 0.264. The maximum absolute atomic E-state index is 12.0. The Balaban J connectivity index is 2.60. The van der Waals surface area contributed by atoms with Crippen molar-refractivity contribution in [3.8, 4) is 0 Å². The predicted octanol–water partition coefficient (Wildman–Crippen LogP) is -0.704. The number of rotatable bonds is 2. The SMILES string of the molecule is OCC1CC(O)(O)CN1CC(F)(F)F. The summed E-state index contributed by atoms with van der Waals surface area (Å²) in [4.78, 5) is 0.819. The van der Waals surface area contributed by atoms with Gasteiger partial charge in [0.15, 0.2) is 5.79 Å². The number of likely N-dealkylation sites (tertiary alicyclic amines) is 1. The Kier molecular flexibility index (Phi) is 3.05. The molecule has 7 heteroatoms. The van der Waals surface area contributed by atoms with Crippen molar-refractivity contribution >= 4 is 0 Å². The van der Waals surface area contributed by atoms with Crippen molar-refractivity contribution in [3.05, 3.63) is 0 Å². The van der Waals surface area contributed by atoms with E-state index in [1.54, 1.807) is 0 Å². The molecule has 3 N–H and O–H groups in total. The molecule has 1 unspecified atom stereocenters. The molecule has 1 saturated heterocycles. The summed E-state index contributed by atoms with van der Waals surface area (Å²) < 4.78 is 35.9. The highest BCUT2D eigenvalue weighted by Crippen LogP contribution is 2.28. The highest BCUT2D eigenvalue weighted by Gasteiger charge is 2.45. The topological polar surface area (TPSA) is 63.9 Å². The number of aliphatic hydroxyl groups is 3. The summed E-state index contributed by atoms with van der Waals surface area (Å²) in [5.74, 6) is -2.13. The van der Waals surface area contributed by atoms with Crippen LogP contribution in [0.3, 0.4) is 0 Å². The summed E-state index contributed by atoms with van der Waals surface area (Å²) in [7, 11) is 0. The first kappa shape index (κ1) is 11.7. The van der Waals surface area contributed by atoms with E-state index in [0.29, 0.717) is 0 Å². The zero-order valence-corrected chi connectivity index (χ0v) is 7.33. The molecule has 1 heterocycles. The Bertz CT molecular complexity index is 207. The lowest BCUT2D eigenvalue weighted by molar-refractivity contribution is -0.166. The smallest absolute Gasteiger partial charge is 0.395 e. The van der Waals surface area contributed by atoms with Crippen LogP contribution >= 0.6 is 0 Å². The molecule has 1 aliphatic rings. The van der Waals surface area contributed by atoms with E-state index in [1.807, 2.05) is 0 Å². The zero-order chi connectivity index (χ0) is 11.0. The Morgan fingerprint density at radius 2 is 1.93 bits per heavy atom. The molecular formula is C7H12F3NO3. The molecule has 84 valence electrons. The number of hydrogen-bond donors (Lipinski definition) is 3. The highest BCUT2D eigenvalue weighted by molar-refractivity contribution is 4.90. The largest absolute Gasteiger partial charge is 0.401 e. The van der Waals surface area contributed by atoms with Gasteiger partial charge in [0, 0.05) is 12.5 Å². The second-order valence-corrected chi connectivity index (χ2v) is 3.54. The first-order valence-electron chi connectivity index (χ1n) is 4.10. The van der Waals surface area contributed by atoms with Gasteiger partial charge in [-0.2, -0.15) is 13.2 Å². The molecule has 1 atom stereocenters. The van der Waals surface area contributed by atoms with Crippen LogP contribution in [0.25, 0.3) is 0 Å². The molecular weight excluding hydrogens is 203 g/mol. The second-order valence-electron chi connectivity index (χ2n) is 3.54. The van der Waals surface area contributed by atoms with Gasteiger partial charge in [0.1, 0.15) is 0 Å². The Labute approximate surface area is 78.6 Å². The van der Waals surface area contributed by atoms with Crippen LogP contribution in [0.1, 0.15) is 6.42 Å². The minimum Gasteiger partial charge on any atom is -0.395 e. The van der Waals surface area contributed by atoms with Crippen molar-refractivity contribution in [2.24, 2.45) is 0 Å². The minimum atomic E-state index is -4.39. The molecule has 0 amide bonds. The summed E-state index contributed by atoms with van der Waals surface area (Å²) in [6.07, 6.45) is -4.66. The van der Waals surface area contributed by atoms with Crippen molar-refractivity contribution in [1.82, 2.24) is 4.90 Å². The van der Waals surface area contributed by atoms with Crippen LogP contribution in [0, 0.1) is 0 Å². The van der Waals surface area contributed by atoms with Crippen LogP contribution in [0.2, 0.25) is 0 Å². The van der Waals surface area contributed by atoms with Gasteiger partial charge in [0.2, 0.25) is 0 Å². The maximum atomic E-state index is 12.0. The first-order chi connectivity index (χ1) is 6.23. The van der Waals surface area contributed by atoms with Crippen molar-refractivity contribution in [1.29, 1.82) is 0 Å². The molecule has 1 rings (SSSR count). The standard InChI is InChI=1S/C7H12F3NO3/c8-7(9,10)4-11-3-6(13,14)1-5(11)2-12/h5,12-14H,1-4H2. The van der Waals surface area contributed by atoms with Crippen molar-refractivity contribution in [2.75, 3.05) is 19.7 Å². The summed E-state index contributed by atoms with van der Waals surface area (Å²) in [5, 5.41) is 26.9. The molecule has 1 aliphatic heterocycles. The van der Waals surface area contributed by atoms with Crippen LogP contribution in [-0.4, -0.2) is 57.9 Å². The normalized spacial score (nSPS) is 28.3. The monoisotopic (exact) mass is 215 g/mol. The predicted molar refractivity (Wildman–Crippen MR) is 40.3 cm³/mol. The fourth-order valence-electron chi connectivity index (χ4n) is 1.62. The number of nitrogens with zero attached hydrogens (tertiary/aromatic N) is 1. The van der Waals surface area contributed by atoms with E-state index in [4.69, 9.17) is 15.3 Å². The first-order valence-corrected chi connectivity index (χ1v) is 4.10. The van der Waals surface area contributed by atoms with E-state index < -0.39 is 37.7 Å². The number of alkyl halides is 3. The summed E-state index contributed by atoms with van der Waals surface area (Å²) in [6.45, 7) is -2.24. The Morgan fingerprint density at radius 3 is 2.36 bits per heavy atom. The number of aliphatic hydroxyl groups excluding tert-OH is 1. The van der Waals surface area contributed by atoms with Gasteiger partial charge in [-0.05, 0) is 0 Å². The van der Waals surface area contributed by atoms with Crippen LogP contribution in [0.15, 0.2) is 0 Å². The molecule has 0 aromatic carbocycles. The van der Waals surface area contributed by atoms with Crippen molar-refractivity contribution in [2.45, 2.75) is 24.4 Å². The van der Waals surface area contributed by atoms with Gasteiger partial charge in [-0.3, -0.25) is 4.90 Å². The Morgan fingerprint density at radius 1 is 1.36 bits per heavy atom. The summed E-state index contributed by atoms with van der Waals surface area (Å²) >= 11 is 0. The molecule has 0 spiro atoms. The molecule has 0 radical (unpaired) electrons. The molecule has 0 aliphatic carbocycles. The van der Waals surface area contributed by atoms with Gasteiger partial charge in [0.25, 0.3) is 0 Å². The quantitative estimate of drug-likeness (QED) is 0.533. The van der Waals surface area contributed by atoms with Crippen molar-refractivity contribution < 1.29 is 28.5 Å². The van der Waals surface area contributed by atoms with E-state index >= 15 is 0 Å². The molecule has 4 nitrogen and oxygen atoms in total. The van der Waals surface area contributed by atoms with Gasteiger partial charge in [-0.25, -0.2) is 0 Å². The molecule has 0 saturated carbocycles. The van der Waals surface area contributed by atoms with Crippen LogP contribution in [0.5, 0.6) is 0 Å². The van der Waals surface area contributed by atoms with Gasteiger partial charge in [-0.1, -0.05) is 0 Å². The van der Waals surface area contributed by atoms with E-state index in [0.717, 1.165) is 4.90 Å². The van der Waals surface area contributed by atoms with Gasteiger partial charge in [-0.15, -0.1) is 0 Å². The number of hydrogen-bond acceptors (Lipinski definition) is 4. The lowest BCUT2D eigenvalue weighted by Gasteiger charge is -2.23. The van der Waals surface area contributed by atoms with Crippen LogP contribution in [-0.2, 0) is 0 Å². The molecule has 0 bridgehead atoms. The second kappa shape index (κ2) is 3.65. The fraction of sp³-hybridized carbons (Fsp3) is 1.00. The molecule has 0 aromatic heterocycles. The average molecular weight is 215 g/mol. The van der Waals surface area contributed by atoms with Gasteiger partial charge < -0.3 is 15.3 Å². The van der Waals surface area contributed by atoms with E-state index in [9.17, 15) is 13.2 Å². The lowest BCUT2D eigenvalue weighted by atomic mass is 10.2. The van der Waals surface area contributed by atoms with Gasteiger partial charge >= 0.3 is 6.18 Å². The molecule has 0 aromatic rings. The number of halogens is 3.